The third-order valence-corrected chi connectivity index (χ3v) is 1.58. The lowest BCUT2D eigenvalue weighted by Crippen LogP contribution is -1.71. The van der Waals surface area contributed by atoms with Crippen LogP contribution in [0.3, 0.4) is 0 Å². The molecule has 0 saturated heterocycles. The van der Waals surface area contributed by atoms with Gasteiger partial charge >= 0.3 is 0 Å². The van der Waals surface area contributed by atoms with Crippen LogP contribution in [0.1, 0.15) is 19.4 Å². The Labute approximate surface area is 72.5 Å². The molecular formula is C10H11Cl. The van der Waals surface area contributed by atoms with Crippen molar-refractivity contribution in [1.82, 2.24) is 0 Å². The topological polar surface area (TPSA) is 0 Å². The fourth-order valence-electron chi connectivity index (χ4n) is 0.892. The minimum atomic E-state index is 0.788. The van der Waals surface area contributed by atoms with Gasteiger partial charge in [-0.2, -0.15) is 0 Å². The Morgan fingerprint density at radius 3 is 2.18 bits per heavy atom. The maximum atomic E-state index is 5.73. The molecule has 0 aromatic heterocycles. The van der Waals surface area contributed by atoms with Crippen molar-refractivity contribution >= 4 is 17.7 Å². The van der Waals surface area contributed by atoms with Gasteiger partial charge in [-0.3, -0.25) is 0 Å². The van der Waals surface area contributed by atoms with E-state index in [1.165, 1.54) is 11.1 Å². The first-order chi connectivity index (χ1) is 5.18. The van der Waals surface area contributed by atoms with Gasteiger partial charge in [0.25, 0.3) is 0 Å². The highest BCUT2D eigenvalue weighted by molar-refractivity contribution is 6.30. The molecule has 58 valence electrons. The van der Waals surface area contributed by atoms with Crippen LogP contribution < -0.4 is 0 Å². The summed E-state index contributed by atoms with van der Waals surface area (Å²) in [5, 5.41) is 0.788. The minimum Gasteiger partial charge on any atom is -0.0843 e. The fraction of sp³-hybridized carbons (Fsp3) is 0.200. The lowest BCUT2D eigenvalue weighted by Gasteiger charge is -1.94. The van der Waals surface area contributed by atoms with Gasteiger partial charge in [-0.15, -0.1) is 0 Å². The standard InChI is InChI=1S/C10H11Cl/c1-8(2)7-9-3-5-10(11)6-4-9/h3-7H,1-2H3. The number of rotatable bonds is 1. The molecule has 0 radical (unpaired) electrons. The van der Waals surface area contributed by atoms with Gasteiger partial charge in [0.15, 0.2) is 0 Å². The molecule has 1 aromatic carbocycles. The lowest BCUT2D eigenvalue weighted by molar-refractivity contribution is 1.42. The van der Waals surface area contributed by atoms with E-state index in [9.17, 15) is 0 Å². The van der Waals surface area contributed by atoms with Crippen molar-refractivity contribution in [3.05, 3.63) is 40.4 Å². The summed E-state index contributed by atoms with van der Waals surface area (Å²) < 4.78 is 0. The summed E-state index contributed by atoms with van der Waals surface area (Å²) in [6, 6.07) is 7.82. The predicted octanol–water partition coefficient (Wildman–Crippen LogP) is 3.76. The van der Waals surface area contributed by atoms with E-state index in [1.54, 1.807) is 0 Å². The van der Waals surface area contributed by atoms with Crippen molar-refractivity contribution in [2.24, 2.45) is 0 Å². The van der Waals surface area contributed by atoms with Crippen LogP contribution in [0.4, 0.5) is 0 Å². The third kappa shape index (κ3) is 2.77. The molecule has 0 fully saturated rings. The quantitative estimate of drug-likeness (QED) is 0.596. The van der Waals surface area contributed by atoms with Gasteiger partial charge in [-0.25, -0.2) is 0 Å². The summed E-state index contributed by atoms with van der Waals surface area (Å²) in [5.74, 6) is 0. The van der Waals surface area contributed by atoms with Crippen LogP contribution in [0.15, 0.2) is 29.8 Å². The molecule has 0 aliphatic heterocycles. The van der Waals surface area contributed by atoms with Gasteiger partial charge in [0.1, 0.15) is 0 Å². The molecule has 1 rings (SSSR count). The van der Waals surface area contributed by atoms with E-state index >= 15 is 0 Å². The Hall–Kier alpha value is -0.750. The number of halogens is 1. The number of hydrogen-bond donors (Lipinski definition) is 0. The highest BCUT2D eigenvalue weighted by Gasteiger charge is 1.87. The van der Waals surface area contributed by atoms with Crippen LogP contribution in [0.5, 0.6) is 0 Å². The lowest BCUT2D eigenvalue weighted by atomic mass is 10.2. The Bertz CT molecular complexity index is 253. The zero-order valence-corrected chi connectivity index (χ0v) is 7.52. The van der Waals surface area contributed by atoms with E-state index in [2.05, 4.69) is 19.9 Å². The van der Waals surface area contributed by atoms with Gasteiger partial charge in [-0.05, 0) is 31.5 Å². The first-order valence-electron chi connectivity index (χ1n) is 3.59. The van der Waals surface area contributed by atoms with E-state index in [0.717, 1.165) is 5.02 Å². The molecule has 0 amide bonds. The van der Waals surface area contributed by atoms with Crippen molar-refractivity contribution in [2.75, 3.05) is 0 Å². The largest absolute Gasteiger partial charge is 0.0843 e. The maximum absolute atomic E-state index is 5.73. The first kappa shape index (κ1) is 8.35. The Balaban J connectivity index is 2.91. The van der Waals surface area contributed by atoms with E-state index < -0.39 is 0 Å². The number of allylic oxidation sites excluding steroid dienone is 1. The predicted molar refractivity (Wildman–Crippen MR) is 50.8 cm³/mol. The Morgan fingerprint density at radius 2 is 1.73 bits per heavy atom. The summed E-state index contributed by atoms with van der Waals surface area (Å²) in [6.07, 6.45) is 2.12. The fourth-order valence-corrected chi connectivity index (χ4v) is 1.02. The van der Waals surface area contributed by atoms with E-state index in [0.29, 0.717) is 0 Å². The van der Waals surface area contributed by atoms with Crippen LogP contribution in [0.2, 0.25) is 5.02 Å². The molecule has 1 heteroatoms. The van der Waals surface area contributed by atoms with Crippen molar-refractivity contribution in [3.63, 3.8) is 0 Å². The van der Waals surface area contributed by atoms with Crippen molar-refractivity contribution < 1.29 is 0 Å². The molecule has 1 aromatic rings. The second kappa shape index (κ2) is 3.59. The normalized spacial score (nSPS) is 9.36. The average molecular weight is 167 g/mol. The van der Waals surface area contributed by atoms with Crippen molar-refractivity contribution in [3.8, 4) is 0 Å². The number of hydrogen-bond acceptors (Lipinski definition) is 0. The van der Waals surface area contributed by atoms with Crippen molar-refractivity contribution in [1.29, 1.82) is 0 Å². The van der Waals surface area contributed by atoms with Crippen LogP contribution in [-0.2, 0) is 0 Å². The SMILES string of the molecule is CC(C)=Cc1ccc(Cl)cc1. The summed E-state index contributed by atoms with van der Waals surface area (Å²) in [5.41, 5.74) is 2.50. The molecule has 0 nitrogen and oxygen atoms in total. The minimum absolute atomic E-state index is 0.788. The third-order valence-electron chi connectivity index (χ3n) is 1.33. The van der Waals surface area contributed by atoms with Gasteiger partial charge in [0.05, 0.1) is 0 Å². The van der Waals surface area contributed by atoms with Gasteiger partial charge in [0.2, 0.25) is 0 Å². The first-order valence-corrected chi connectivity index (χ1v) is 3.97. The molecule has 0 atom stereocenters. The monoisotopic (exact) mass is 166 g/mol. The zero-order valence-electron chi connectivity index (χ0n) is 6.76. The molecule has 11 heavy (non-hydrogen) atoms. The highest BCUT2D eigenvalue weighted by atomic mass is 35.5. The molecule has 0 bridgehead atoms. The molecule has 0 saturated carbocycles. The molecule has 0 N–H and O–H groups in total. The van der Waals surface area contributed by atoms with Crippen LogP contribution in [0, 0.1) is 0 Å². The van der Waals surface area contributed by atoms with E-state index in [1.807, 2.05) is 24.3 Å². The summed E-state index contributed by atoms with van der Waals surface area (Å²) in [7, 11) is 0. The molecule has 0 unspecified atom stereocenters. The summed E-state index contributed by atoms with van der Waals surface area (Å²) >= 11 is 5.73. The zero-order chi connectivity index (χ0) is 8.27. The molecule has 0 aliphatic rings. The van der Waals surface area contributed by atoms with Gasteiger partial charge in [0, 0.05) is 5.02 Å². The number of benzene rings is 1. The van der Waals surface area contributed by atoms with E-state index in [4.69, 9.17) is 11.6 Å². The smallest absolute Gasteiger partial charge is 0.0406 e. The molecular weight excluding hydrogens is 156 g/mol. The van der Waals surface area contributed by atoms with Gasteiger partial charge in [-0.1, -0.05) is 35.4 Å². The second-order valence-corrected chi connectivity index (χ2v) is 3.21. The molecule has 0 heterocycles. The second-order valence-electron chi connectivity index (χ2n) is 2.77. The summed E-state index contributed by atoms with van der Waals surface area (Å²) in [6.45, 7) is 4.16. The Morgan fingerprint density at radius 1 is 1.18 bits per heavy atom. The van der Waals surface area contributed by atoms with Gasteiger partial charge < -0.3 is 0 Å². The molecule has 0 aliphatic carbocycles. The Kier molecular flexibility index (Phi) is 2.72. The highest BCUT2D eigenvalue weighted by Crippen LogP contribution is 2.11. The molecule has 0 spiro atoms. The van der Waals surface area contributed by atoms with Crippen LogP contribution in [-0.4, -0.2) is 0 Å². The van der Waals surface area contributed by atoms with E-state index in [-0.39, 0.29) is 0 Å². The maximum Gasteiger partial charge on any atom is 0.0406 e. The van der Waals surface area contributed by atoms with Crippen molar-refractivity contribution in [2.45, 2.75) is 13.8 Å². The summed E-state index contributed by atoms with van der Waals surface area (Å²) in [4.78, 5) is 0. The van der Waals surface area contributed by atoms with Crippen LogP contribution >= 0.6 is 11.6 Å². The van der Waals surface area contributed by atoms with Crippen LogP contribution in [0.25, 0.3) is 6.08 Å². The average Bonchev–Trinajstić information content (AvgIpc) is 1.93.